The van der Waals surface area contributed by atoms with Gasteiger partial charge in [-0.2, -0.15) is 0 Å². The Hall–Kier alpha value is -3.47. The summed E-state index contributed by atoms with van der Waals surface area (Å²) in [5.41, 5.74) is 3.84. The van der Waals surface area contributed by atoms with Crippen LogP contribution >= 0.6 is 7.26 Å². The Morgan fingerprint density at radius 1 is 0.412 bits per heavy atom. The second kappa shape index (κ2) is 10.2. The number of rotatable bonds is 7. The van der Waals surface area contributed by atoms with E-state index in [1.54, 1.807) is 0 Å². The van der Waals surface area contributed by atoms with Crippen molar-refractivity contribution in [3.63, 3.8) is 0 Å². The molecule has 5 rings (SSSR count). The fraction of sp³-hybridized carbons (Fsp3) is 0.0606. The van der Waals surface area contributed by atoms with Gasteiger partial charge in [0.05, 0.1) is 0 Å². The molecule has 1 radical (unpaired) electrons. The van der Waals surface area contributed by atoms with Gasteiger partial charge >= 0.3 is 0 Å². The highest BCUT2D eigenvalue weighted by Crippen LogP contribution is 2.54. The molecule has 0 fully saturated rings. The van der Waals surface area contributed by atoms with Gasteiger partial charge in [-0.3, -0.25) is 0 Å². The first-order chi connectivity index (χ1) is 16.8. The molecule has 165 valence electrons. The number of aryl methyl sites for hydroxylation is 1. The lowest BCUT2D eigenvalue weighted by Gasteiger charge is -2.27. The van der Waals surface area contributed by atoms with Crippen LogP contribution in [0.1, 0.15) is 12.0 Å². The first-order valence-electron chi connectivity index (χ1n) is 11.9. The van der Waals surface area contributed by atoms with Crippen LogP contribution in [0.4, 0.5) is 0 Å². The second-order valence-electron chi connectivity index (χ2n) is 8.52. The van der Waals surface area contributed by atoms with Crippen LogP contribution in [0.3, 0.4) is 0 Å². The SMILES string of the molecule is [CH2]CCc1ccc(-c2ccc([P+](c3ccccc3)(c3ccccc3)c3ccccc3)cc2)cc1. The third kappa shape index (κ3) is 4.23. The zero-order chi connectivity index (χ0) is 23.2. The minimum absolute atomic E-state index is 0.929. The van der Waals surface area contributed by atoms with Gasteiger partial charge in [0.15, 0.2) is 0 Å². The van der Waals surface area contributed by atoms with Gasteiger partial charge < -0.3 is 0 Å². The van der Waals surface area contributed by atoms with Crippen molar-refractivity contribution in [2.45, 2.75) is 12.8 Å². The Labute approximate surface area is 204 Å². The van der Waals surface area contributed by atoms with Crippen molar-refractivity contribution < 1.29 is 0 Å². The molecule has 0 aliphatic carbocycles. The second-order valence-corrected chi connectivity index (χ2v) is 11.9. The van der Waals surface area contributed by atoms with E-state index in [4.69, 9.17) is 0 Å². The fourth-order valence-corrected chi connectivity index (χ4v) is 9.04. The molecule has 5 aromatic carbocycles. The van der Waals surface area contributed by atoms with Crippen LogP contribution in [0.25, 0.3) is 11.1 Å². The quantitative estimate of drug-likeness (QED) is 0.238. The molecule has 0 aromatic heterocycles. The van der Waals surface area contributed by atoms with E-state index in [9.17, 15) is 0 Å². The summed E-state index contributed by atoms with van der Waals surface area (Å²) in [6.45, 7) is 3.97. The lowest BCUT2D eigenvalue weighted by molar-refractivity contribution is 1.000. The maximum absolute atomic E-state index is 3.97. The molecule has 0 spiro atoms. The first kappa shape index (κ1) is 22.3. The molecule has 34 heavy (non-hydrogen) atoms. The molecule has 0 nitrogen and oxygen atoms in total. The predicted octanol–water partition coefficient (Wildman–Crippen LogP) is 6.74. The van der Waals surface area contributed by atoms with Crippen LogP contribution in [-0.2, 0) is 6.42 Å². The molecule has 0 aliphatic rings. The van der Waals surface area contributed by atoms with Crippen molar-refractivity contribution in [1.82, 2.24) is 0 Å². The van der Waals surface area contributed by atoms with Gasteiger partial charge in [0.1, 0.15) is 28.5 Å². The number of hydrogen-bond donors (Lipinski definition) is 0. The average molecular weight is 457 g/mol. The standard InChI is InChI=1S/C33H29P/c1-2-12-27-19-21-28(22-20-27)29-23-25-33(26-24-29)34(30-13-6-3-7-14-30,31-15-8-4-9-16-31)32-17-10-5-11-18-32/h3-11,13-26H,1-2,12H2/q+1. The van der Waals surface area contributed by atoms with Crippen LogP contribution < -0.4 is 21.2 Å². The van der Waals surface area contributed by atoms with E-state index in [-0.39, 0.29) is 0 Å². The maximum atomic E-state index is 3.97. The Bertz CT molecular complexity index is 1210. The van der Waals surface area contributed by atoms with Crippen molar-refractivity contribution in [1.29, 1.82) is 0 Å². The van der Waals surface area contributed by atoms with E-state index in [1.165, 1.54) is 37.9 Å². The van der Waals surface area contributed by atoms with Gasteiger partial charge in [-0.1, -0.05) is 97.9 Å². The number of benzene rings is 5. The molecule has 0 N–H and O–H groups in total. The van der Waals surface area contributed by atoms with Gasteiger partial charge in [-0.25, -0.2) is 0 Å². The minimum atomic E-state index is -2.04. The van der Waals surface area contributed by atoms with E-state index in [2.05, 4.69) is 146 Å². The summed E-state index contributed by atoms with van der Waals surface area (Å²) in [7, 11) is -2.04. The smallest absolute Gasteiger partial charge is 0.0620 e. The van der Waals surface area contributed by atoms with Crippen molar-refractivity contribution in [3.05, 3.63) is 152 Å². The van der Waals surface area contributed by atoms with Crippen LogP contribution in [0.5, 0.6) is 0 Å². The molecule has 5 aromatic rings. The summed E-state index contributed by atoms with van der Waals surface area (Å²) in [4.78, 5) is 0. The molecule has 0 saturated carbocycles. The van der Waals surface area contributed by atoms with E-state index >= 15 is 0 Å². The molecule has 0 saturated heterocycles. The van der Waals surface area contributed by atoms with Gasteiger partial charge in [-0.05, 0) is 78.1 Å². The summed E-state index contributed by atoms with van der Waals surface area (Å²) >= 11 is 0. The molecular formula is C33H29P+. The van der Waals surface area contributed by atoms with E-state index in [0.29, 0.717) is 0 Å². The van der Waals surface area contributed by atoms with Crippen LogP contribution in [0.2, 0.25) is 0 Å². The highest BCUT2D eigenvalue weighted by Gasteiger charge is 2.47. The summed E-state index contributed by atoms with van der Waals surface area (Å²) in [5, 5.41) is 5.49. The lowest BCUT2D eigenvalue weighted by atomic mass is 10.0. The van der Waals surface area contributed by atoms with Gasteiger partial charge in [0, 0.05) is 0 Å². The average Bonchev–Trinajstić information content (AvgIpc) is 2.92. The normalized spacial score (nSPS) is 11.3. The molecule has 0 heterocycles. The summed E-state index contributed by atoms with van der Waals surface area (Å²) in [6, 6.07) is 51.3. The van der Waals surface area contributed by atoms with Crippen molar-refractivity contribution in [2.75, 3.05) is 0 Å². The van der Waals surface area contributed by atoms with Gasteiger partial charge in [-0.15, -0.1) is 0 Å². The summed E-state index contributed by atoms with van der Waals surface area (Å²) < 4.78 is 0. The van der Waals surface area contributed by atoms with Crippen molar-refractivity contribution in [3.8, 4) is 11.1 Å². The highest BCUT2D eigenvalue weighted by molar-refractivity contribution is 8.01. The van der Waals surface area contributed by atoms with Crippen LogP contribution in [0.15, 0.2) is 140 Å². The summed E-state index contributed by atoms with van der Waals surface area (Å²) in [6.07, 6.45) is 1.95. The monoisotopic (exact) mass is 456 g/mol. The minimum Gasteiger partial charge on any atom is -0.0620 e. The van der Waals surface area contributed by atoms with Gasteiger partial charge in [0.2, 0.25) is 0 Å². The Balaban J connectivity index is 1.68. The van der Waals surface area contributed by atoms with E-state index in [1.807, 2.05) is 0 Å². The van der Waals surface area contributed by atoms with Crippen LogP contribution in [-0.4, -0.2) is 0 Å². The fourth-order valence-electron chi connectivity index (χ4n) is 4.79. The van der Waals surface area contributed by atoms with E-state index in [0.717, 1.165) is 12.8 Å². The van der Waals surface area contributed by atoms with Crippen molar-refractivity contribution in [2.24, 2.45) is 0 Å². The molecule has 0 amide bonds. The van der Waals surface area contributed by atoms with Gasteiger partial charge in [0.25, 0.3) is 0 Å². The predicted molar refractivity (Wildman–Crippen MR) is 150 cm³/mol. The third-order valence-corrected chi connectivity index (χ3v) is 10.7. The zero-order valence-corrected chi connectivity index (χ0v) is 20.2. The molecule has 0 unspecified atom stereocenters. The highest BCUT2D eigenvalue weighted by atomic mass is 31.2. The number of hydrogen-bond acceptors (Lipinski definition) is 0. The van der Waals surface area contributed by atoms with Crippen molar-refractivity contribution >= 4 is 28.5 Å². The lowest BCUT2D eigenvalue weighted by Crippen LogP contribution is -2.38. The Morgan fingerprint density at radius 3 is 1.15 bits per heavy atom. The maximum Gasteiger partial charge on any atom is 0.144 e. The summed E-state index contributed by atoms with van der Waals surface area (Å²) in [5.74, 6) is 0. The zero-order valence-electron chi connectivity index (χ0n) is 19.3. The molecule has 0 bridgehead atoms. The Kier molecular flexibility index (Phi) is 6.70. The third-order valence-electron chi connectivity index (χ3n) is 6.44. The first-order valence-corrected chi connectivity index (χ1v) is 13.7. The topological polar surface area (TPSA) is 0 Å². The Morgan fingerprint density at radius 2 is 0.765 bits per heavy atom. The van der Waals surface area contributed by atoms with Crippen LogP contribution in [0, 0.1) is 6.92 Å². The molecule has 1 heteroatoms. The molecule has 0 aliphatic heterocycles. The largest absolute Gasteiger partial charge is 0.144 e. The van der Waals surface area contributed by atoms with E-state index < -0.39 is 7.26 Å². The molecule has 0 atom stereocenters. The molecular weight excluding hydrogens is 427 g/mol.